The van der Waals surface area contributed by atoms with Crippen molar-refractivity contribution in [3.63, 3.8) is 0 Å². The number of carbonyl (C=O) groups is 1. The Morgan fingerprint density at radius 3 is 2.50 bits per heavy atom. The number of nitrogens with zero attached hydrogens (tertiary/aromatic N) is 2. The van der Waals surface area contributed by atoms with Crippen LogP contribution in [0.4, 0.5) is 23.4 Å². The summed E-state index contributed by atoms with van der Waals surface area (Å²) in [6, 6.07) is 11.6. The van der Waals surface area contributed by atoms with Crippen molar-refractivity contribution in [3.05, 3.63) is 77.2 Å². The van der Waals surface area contributed by atoms with Crippen LogP contribution in [-0.2, 0) is 12.8 Å². The first-order chi connectivity index (χ1) is 17.1. The van der Waals surface area contributed by atoms with Crippen LogP contribution in [0.15, 0.2) is 54.7 Å². The molecule has 4 rings (SSSR count). The third-order valence-electron chi connectivity index (χ3n) is 6.18. The van der Waals surface area contributed by atoms with Gasteiger partial charge < -0.3 is 20.7 Å². The standard InChI is InChI=1S/C26H26F4N4O2/c1-34-11-9-20(10-12-34)33-25(35)17-7-5-16(6-8-17)19-13-22(24(31)32-14-19)36-15-18-3-2-4-21(27)23(18)26(28,29)30/h2-8,13-14,20H,9-12,15H2,1H3,(H2,31,32)(H,33,35). The number of anilines is 1. The zero-order valence-electron chi connectivity index (χ0n) is 19.6. The van der Waals surface area contributed by atoms with E-state index in [1.54, 1.807) is 30.3 Å². The van der Waals surface area contributed by atoms with E-state index in [9.17, 15) is 22.4 Å². The number of rotatable bonds is 6. The average molecular weight is 503 g/mol. The topological polar surface area (TPSA) is 80.5 Å². The summed E-state index contributed by atoms with van der Waals surface area (Å²) in [5, 5.41) is 3.06. The van der Waals surface area contributed by atoms with Crippen molar-refractivity contribution >= 4 is 11.7 Å². The van der Waals surface area contributed by atoms with Crippen molar-refractivity contribution in [1.29, 1.82) is 0 Å². The first kappa shape index (κ1) is 25.4. The molecule has 1 aromatic heterocycles. The molecule has 0 atom stereocenters. The minimum atomic E-state index is -4.86. The van der Waals surface area contributed by atoms with Gasteiger partial charge in [-0.15, -0.1) is 0 Å². The van der Waals surface area contributed by atoms with Crippen LogP contribution >= 0.6 is 0 Å². The highest BCUT2D eigenvalue weighted by atomic mass is 19.4. The lowest BCUT2D eigenvalue weighted by Gasteiger charge is -2.29. The number of ether oxygens (including phenoxy) is 1. The minimum absolute atomic E-state index is 0.0159. The largest absolute Gasteiger partial charge is 0.485 e. The molecule has 10 heteroatoms. The molecule has 36 heavy (non-hydrogen) atoms. The SMILES string of the molecule is CN1CCC(NC(=O)c2ccc(-c3cnc(N)c(OCc4cccc(F)c4C(F)(F)F)c3)cc2)CC1. The molecule has 3 aromatic rings. The van der Waals surface area contributed by atoms with Crippen LogP contribution in [0, 0.1) is 5.82 Å². The van der Waals surface area contributed by atoms with E-state index in [0.717, 1.165) is 38.1 Å². The van der Waals surface area contributed by atoms with E-state index in [-0.39, 0.29) is 29.1 Å². The predicted octanol–water partition coefficient (Wildman–Crippen LogP) is 4.89. The summed E-state index contributed by atoms with van der Waals surface area (Å²) < 4.78 is 59.2. The maximum absolute atomic E-state index is 13.8. The second kappa shape index (κ2) is 10.5. The molecule has 6 nitrogen and oxygen atoms in total. The quantitative estimate of drug-likeness (QED) is 0.469. The smallest absolute Gasteiger partial charge is 0.419 e. The van der Waals surface area contributed by atoms with Crippen molar-refractivity contribution < 1.29 is 27.1 Å². The molecule has 0 radical (unpaired) electrons. The summed E-state index contributed by atoms with van der Waals surface area (Å²) in [6.45, 7) is 1.34. The average Bonchev–Trinajstić information content (AvgIpc) is 2.84. The molecule has 0 bridgehead atoms. The van der Waals surface area contributed by atoms with Crippen molar-refractivity contribution in [2.24, 2.45) is 0 Å². The molecular formula is C26H26F4N4O2. The van der Waals surface area contributed by atoms with Gasteiger partial charge in [0.1, 0.15) is 12.4 Å². The van der Waals surface area contributed by atoms with E-state index in [2.05, 4.69) is 22.2 Å². The van der Waals surface area contributed by atoms with E-state index >= 15 is 0 Å². The summed E-state index contributed by atoms with van der Waals surface area (Å²) in [7, 11) is 2.06. The van der Waals surface area contributed by atoms with Crippen molar-refractivity contribution in [3.8, 4) is 16.9 Å². The lowest BCUT2D eigenvalue weighted by Crippen LogP contribution is -2.43. The number of nitrogen functional groups attached to an aromatic ring is 1. The minimum Gasteiger partial charge on any atom is -0.485 e. The molecule has 2 heterocycles. The van der Waals surface area contributed by atoms with Crippen LogP contribution in [0.25, 0.3) is 11.1 Å². The van der Waals surface area contributed by atoms with Crippen LogP contribution in [0.3, 0.4) is 0 Å². The van der Waals surface area contributed by atoms with Gasteiger partial charge in [0, 0.05) is 28.9 Å². The Kier molecular flexibility index (Phi) is 7.44. The number of amides is 1. The molecule has 1 aliphatic heterocycles. The van der Waals surface area contributed by atoms with E-state index < -0.39 is 24.2 Å². The van der Waals surface area contributed by atoms with Gasteiger partial charge in [-0.3, -0.25) is 4.79 Å². The highest BCUT2D eigenvalue weighted by Crippen LogP contribution is 2.35. The number of aromatic nitrogens is 1. The van der Waals surface area contributed by atoms with Gasteiger partial charge in [-0.2, -0.15) is 13.2 Å². The van der Waals surface area contributed by atoms with E-state index in [1.165, 1.54) is 12.3 Å². The number of benzene rings is 2. The van der Waals surface area contributed by atoms with Crippen LogP contribution in [0.5, 0.6) is 5.75 Å². The summed E-state index contributed by atoms with van der Waals surface area (Å²) in [4.78, 5) is 18.9. The maximum Gasteiger partial charge on any atom is 0.419 e. The van der Waals surface area contributed by atoms with Gasteiger partial charge >= 0.3 is 6.18 Å². The number of hydrogen-bond acceptors (Lipinski definition) is 5. The van der Waals surface area contributed by atoms with Gasteiger partial charge in [0.25, 0.3) is 5.91 Å². The number of carbonyl (C=O) groups excluding carboxylic acids is 1. The van der Waals surface area contributed by atoms with Crippen LogP contribution in [-0.4, -0.2) is 42.0 Å². The Bertz CT molecular complexity index is 1220. The summed E-state index contributed by atoms with van der Waals surface area (Å²) in [5.41, 5.74) is 5.95. The summed E-state index contributed by atoms with van der Waals surface area (Å²) >= 11 is 0. The van der Waals surface area contributed by atoms with Gasteiger partial charge in [-0.05, 0) is 62.8 Å². The normalized spacial score (nSPS) is 15.0. The van der Waals surface area contributed by atoms with Crippen molar-refractivity contribution in [2.75, 3.05) is 25.9 Å². The Hall–Kier alpha value is -3.66. The molecule has 1 aliphatic rings. The molecule has 0 unspecified atom stereocenters. The zero-order chi connectivity index (χ0) is 25.9. The number of nitrogens with one attached hydrogen (secondary N) is 1. The highest BCUT2D eigenvalue weighted by Gasteiger charge is 2.36. The fourth-order valence-electron chi connectivity index (χ4n) is 4.13. The molecular weight excluding hydrogens is 476 g/mol. The molecule has 1 saturated heterocycles. The lowest BCUT2D eigenvalue weighted by molar-refractivity contribution is -0.141. The number of piperidine rings is 1. The Morgan fingerprint density at radius 2 is 1.83 bits per heavy atom. The van der Waals surface area contributed by atoms with Crippen LogP contribution in [0.1, 0.15) is 34.3 Å². The molecule has 1 fully saturated rings. The summed E-state index contributed by atoms with van der Waals surface area (Å²) in [6.07, 6.45) is -1.56. The van der Waals surface area contributed by atoms with Gasteiger partial charge in [0.15, 0.2) is 11.6 Å². The number of alkyl halides is 3. The van der Waals surface area contributed by atoms with E-state index in [1.807, 2.05) is 0 Å². The van der Waals surface area contributed by atoms with E-state index in [4.69, 9.17) is 10.5 Å². The Balaban J connectivity index is 1.46. The molecule has 190 valence electrons. The first-order valence-electron chi connectivity index (χ1n) is 11.4. The number of nitrogens with two attached hydrogens (primary N) is 1. The third kappa shape index (κ3) is 5.93. The Labute approximate surface area is 206 Å². The van der Waals surface area contributed by atoms with Gasteiger partial charge in [-0.25, -0.2) is 9.37 Å². The monoisotopic (exact) mass is 502 g/mol. The number of hydrogen-bond donors (Lipinski definition) is 2. The maximum atomic E-state index is 13.8. The van der Waals surface area contributed by atoms with Gasteiger partial charge in [0.05, 0.1) is 5.56 Å². The number of pyridine rings is 1. The van der Waals surface area contributed by atoms with Crippen molar-refractivity contribution in [1.82, 2.24) is 15.2 Å². The van der Waals surface area contributed by atoms with Crippen LogP contribution < -0.4 is 15.8 Å². The number of likely N-dealkylation sites (tertiary alicyclic amines) is 1. The summed E-state index contributed by atoms with van der Waals surface area (Å²) in [5.74, 6) is -1.47. The molecule has 3 N–H and O–H groups in total. The predicted molar refractivity (Wildman–Crippen MR) is 128 cm³/mol. The second-order valence-corrected chi connectivity index (χ2v) is 8.80. The molecule has 0 saturated carbocycles. The number of halogens is 4. The van der Waals surface area contributed by atoms with Crippen LogP contribution in [0.2, 0.25) is 0 Å². The lowest BCUT2D eigenvalue weighted by atomic mass is 10.0. The first-order valence-corrected chi connectivity index (χ1v) is 11.4. The van der Waals surface area contributed by atoms with Gasteiger partial charge in [0.2, 0.25) is 0 Å². The molecule has 2 aromatic carbocycles. The molecule has 0 aliphatic carbocycles. The third-order valence-corrected chi connectivity index (χ3v) is 6.18. The van der Waals surface area contributed by atoms with Gasteiger partial charge in [-0.1, -0.05) is 24.3 Å². The zero-order valence-corrected chi connectivity index (χ0v) is 19.6. The highest BCUT2D eigenvalue weighted by molar-refractivity contribution is 5.94. The molecule has 0 spiro atoms. The van der Waals surface area contributed by atoms with E-state index in [0.29, 0.717) is 16.7 Å². The molecule has 1 amide bonds. The Morgan fingerprint density at radius 1 is 1.14 bits per heavy atom. The fraction of sp³-hybridized carbons (Fsp3) is 0.308. The fourth-order valence-corrected chi connectivity index (χ4v) is 4.13. The second-order valence-electron chi connectivity index (χ2n) is 8.80. The van der Waals surface area contributed by atoms with Crippen molar-refractivity contribution in [2.45, 2.75) is 31.7 Å².